The van der Waals surface area contributed by atoms with Crippen molar-refractivity contribution in [1.29, 1.82) is 0 Å². The van der Waals surface area contributed by atoms with Crippen LogP contribution in [0.2, 0.25) is 0 Å². The van der Waals surface area contributed by atoms with Crippen LogP contribution < -0.4 is 0 Å². The maximum atomic E-state index is 11.5. The second kappa shape index (κ2) is 2.33. The fraction of sp³-hybridized carbons (Fsp3) is 0.667. The molecule has 0 aromatic carbocycles. The fourth-order valence-electron chi connectivity index (χ4n) is 2.09. The minimum atomic E-state index is -2.33. The number of nitrogens with zero attached hydrogens (tertiary/aromatic N) is 1. The Hall–Kier alpha value is -0.830. The normalized spacial score (nSPS) is 38.2. The summed E-state index contributed by atoms with van der Waals surface area (Å²) in [4.78, 5) is 12.9. The largest absolute Gasteiger partial charge is 0.394 e. The summed E-state index contributed by atoms with van der Waals surface area (Å²) in [5, 5.41) is 9.51. The van der Waals surface area contributed by atoms with Gasteiger partial charge in [-0.15, -0.1) is 0 Å². The number of rotatable bonds is 1. The summed E-state index contributed by atoms with van der Waals surface area (Å²) < 4.78 is 14.8. The number of amides is 1. The maximum absolute atomic E-state index is 11.5. The van der Waals surface area contributed by atoms with Crippen molar-refractivity contribution in [3.63, 3.8) is 0 Å². The third-order valence-corrected chi connectivity index (χ3v) is 2.70. The Labute approximate surface area is 74.5 Å². The molecule has 0 bridgehead atoms. The standard InChI is InChI=1S/C9H13NO2/c1-7-4-9(6-11)3-2-8(12)10(9)5-7/h11H,1-6H2/t9-/m0/s1/i6D2. The van der Waals surface area contributed by atoms with Crippen LogP contribution in [0.15, 0.2) is 12.2 Å². The van der Waals surface area contributed by atoms with Crippen LogP contribution in [0, 0.1) is 0 Å². The summed E-state index contributed by atoms with van der Waals surface area (Å²) in [7, 11) is 0. The molecule has 0 spiro atoms. The zero-order valence-corrected chi connectivity index (χ0v) is 6.84. The van der Waals surface area contributed by atoms with Crippen LogP contribution in [0.25, 0.3) is 0 Å². The van der Waals surface area contributed by atoms with Gasteiger partial charge in [-0.3, -0.25) is 4.79 Å². The molecular weight excluding hydrogens is 154 g/mol. The first-order valence-corrected chi connectivity index (χ1v) is 4.06. The Bertz CT molecular complexity index is 310. The summed E-state index contributed by atoms with van der Waals surface area (Å²) in [5.41, 5.74) is -0.225. The van der Waals surface area contributed by atoms with Gasteiger partial charge in [-0.05, 0) is 12.8 Å². The van der Waals surface area contributed by atoms with Crippen molar-refractivity contribution in [2.45, 2.75) is 24.8 Å². The van der Waals surface area contributed by atoms with Gasteiger partial charge in [0, 0.05) is 13.0 Å². The molecule has 1 N–H and O–H groups in total. The SMILES string of the molecule is [2H]C([2H])(O)[C@@]12CCC(=O)N1CC(=C)C2. The second-order valence-corrected chi connectivity index (χ2v) is 3.55. The first-order valence-electron chi connectivity index (χ1n) is 5.06. The Morgan fingerprint density at radius 3 is 3.17 bits per heavy atom. The predicted octanol–water partition coefficient (Wildman–Crippen LogP) is 0.300. The molecule has 0 unspecified atom stereocenters. The van der Waals surface area contributed by atoms with Gasteiger partial charge >= 0.3 is 0 Å². The highest BCUT2D eigenvalue weighted by molar-refractivity contribution is 5.81. The zero-order chi connectivity index (χ0) is 10.6. The smallest absolute Gasteiger partial charge is 0.223 e. The van der Waals surface area contributed by atoms with Crippen LogP contribution in [0.3, 0.4) is 0 Å². The van der Waals surface area contributed by atoms with Crippen molar-refractivity contribution >= 4 is 5.91 Å². The number of hydrogen-bond donors (Lipinski definition) is 1. The summed E-state index contributed by atoms with van der Waals surface area (Å²) in [6.45, 7) is 1.81. The van der Waals surface area contributed by atoms with Gasteiger partial charge in [0.2, 0.25) is 5.91 Å². The summed E-state index contributed by atoms with van der Waals surface area (Å²) >= 11 is 0. The van der Waals surface area contributed by atoms with E-state index in [-0.39, 0.29) is 5.91 Å². The van der Waals surface area contributed by atoms with Crippen molar-refractivity contribution in [3.05, 3.63) is 12.2 Å². The van der Waals surface area contributed by atoms with E-state index >= 15 is 0 Å². The van der Waals surface area contributed by atoms with E-state index in [1.54, 1.807) is 0 Å². The highest BCUT2D eigenvalue weighted by atomic mass is 16.3. The molecule has 2 rings (SSSR count). The van der Waals surface area contributed by atoms with Crippen LogP contribution in [-0.4, -0.2) is 34.6 Å². The van der Waals surface area contributed by atoms with Crippen molar-refractivity contribution in [2.75, 3.05) is 13.1 Å². The van der Waals surface area contributed by atoms with E-state index in [0.29, 0.717) is 25.8 Å². The Morgan fingerprint density at radius 1 is 1.83 bits per heavy atom. The van der Waals surface area contributed by atoms with E-state index in [4.69, 9.17) is 2.74 Å². The van der Waals surface area contributed by atoms with E-state index in [1.807, 2.05) is 0 Å². The molecule has 3 heteroatoms. The zero-order valence-electron chi connectivity index (χ0n) is 8.84. The molecule has 66 valence electrons. The molecular formula is C9H13NO2. The van der Waals surface area contributed by atoms with Crippen LogP contribution in [-0.2, 0) is 4.79 Å². The molecule has 2 aliphatic rings. The second-order valence-electron chi connectivity index (χ2n) is 3.55. The lowest BCUT2D eigenvalue weighted by Crippen LogP contribution is -2.43. The Morgan fingerprint density at radius 2 is 2.58 bits per heavy atom. The van der Waals surface area contributed by atoms with Crippen LogP contribution in [0.1, 0.15) is 22.0 Å². The van der Waals surface area contributed by atoms with Crippen molar-refractivity contribution in [2.24, 2.45) is 0 Å². The maximum Gasteiger partial charge on any atom is 0.223 e. The van der Waals surface area contributed by atoms with Crippen LogP contribution >= 0.6 is 0 Å². The van der Waals surface area contributed by atoms with Gasteiger partial charge in [0.25, 0.3) is 0 Å². The lowest BCUT2D eigenvalue weighted by molar-refractivity contribution is -0.130. The number of carbonyl (C=O) groups is 1. The summed E-state index contributed by atoms with van der Waals surface area (Å²) in [6, 6.07) is 0. The molecule has 12 heavy (non-hydrogen) atoms. The minimum Gasteiger partial charge on any atom is -0.394 e. The van der Waals surface area contributed by atoms with Crippen molar-refractivity contribution < 1.29 is 12.6 Å². The monoisotopic (exact) mass is 169 g/mol. The van der Waals surface area contributed by atoms with E-state index in [2.05, 4.69) is 6.58 Å². The van der Waals surface area contributed by atoms with Gasteiger partial charge in [-0.25, -0.2) is 0 Å². The van der Waals surface area contributed by atoms with E-state index in [0.717, 1.165) is 5.57 Å². The van der Waals surface area contributed by atoms with Crippen LogP contribution in [0.5, 0.6) is 0 Å². The van der Waals surface area contributed by atoms with Gasteiger partial charge in [-0.1, -0.05) is 12.2 Å². The van der Waals surface area contributed by atoms with Crippen molar-refractivity contribution in [3.8, 4) is 0 Å². The van der Waals surface area contributed by atoms with E-state index in [9.17, 15) is 9.90 Å². The Kier molecular flexibility index (Phi) is 1.12. The molecule has 2 fully saturated rings. The third kappa shape index (κ3) is 0.829. The van der Waals surface area contributed by atoms with Crippen LogP contribution in [0.4, 0.5) is 0 Å². The average molecular weight is 169 g/mol. The molecule has 0 aliphatic carbocycles. The highest BCUT2D eigenvalue weighted by Gasteiger charge is 2.49. The minimum absolute atomic E-state index is 0.0819. The van der Waals surface area contributed by atoms with Gasteiger partial charge in [0.15, 0.2) is 0 Å². The molecule has 0 aromatic heterocycles. The molecule has 2 aliphatic heterocycles. The van der Waals surface area contributed by atoms with Gasteiger partial charge in [0.05, 0.1) is 14.8 Å². The predicted molar refractivity (Wildman–Crippen MR) is 44.5 cm³/mol. The third-order valence-electron chi connectivity index (χ3n) is 2.70. The van der Waals surface area contributed by atoms with E-state index < -0.39 is 12.1 Å². The molecule has 1 atom stereocenters. The fourth-order valence-corrected chi connectivity index (χ4v) is 2.09. The molecule has 2 heterocycles. The van der Waals surface area contributed by atoms with Gasteiger partial charge < -0.3 is 10.0 Å². The summed E-state index contributed by atoms with van der Waals surface area (Å²) in [5.74, 6) is -0.0819. The highest BCUT2D eigenvalue weighted by Crippen LogP contribution is 2.40. The lowest BCUT2D eigenvalue weighted by Gasteiger charge is -2.28. The number of aliphatic hydroxyl groups is 1. The average Bonchev–Trinajstić information content (AvgIpc) is 2.49. The Balaban J connectivity index is 2.42. The topological polar surface area (TPSA) is 40.5 Å². The molecule has 1 amide bonds. The first-order chi connectivity index (χ1) is 6.37. The molecule has 3 nitrogen and oxygen atoms in total. The quantitative estimate of drug-likeness (QED) is 0.573. The van der Waals surface area contributed by atoms with Crippen molar-refractivity contribution in [1.82, 2.24) is 4.90 Å². The van der Waals surface area contributed by atoms with E-state index in [1.165, 1.54) is 4.90 Å². The van der Waals surface area contributed by atoms with Gasteiger partial charge in [-0.2, -0.15) is 0 Å². The number of hydrogen-bond acceptors (Lipinski definition) is 2. The molecule has 0 aromatic rings. The molecule has 0 saturated carbocycles. The summed E-state index contributed by atoms with van der Waals surface area (Å²) in [6.07, 6.45) is 1.09. The molecule has 0 radical (unpaired) electrons. The lowest BCUT2D eigenvalue weighted by atomic mass is 9.94. The van der Waals surface area contributed by atoms with Gasteiger partial charge in [0.1, 0.15) is 0 Å². The number of fused-ring (bicyclic) bond motifs is 1. The molecule has 2 saturated heterocycles. The first kappa shape index (κ1) is 5.75. The number of carbonyl (C=O) groups excluding carboxylic acids is 1.